The second kappa shape index (κ2) is 10.4. The molecule has 2 aliphatic heterocycles. The van der Waals surface area contributed by atoms with E-state index in [-0.39, 0.29) is 38.8 Å². The molecule has 0 bridgehead atoms. The lowest BCUT2D eigenvalue weighted by atomic mass is 9.93. The van der Waals surface area contributed by atoms with Crippen molar-refractivity contribution >= 4 is 58.3 Å². The summed E-state index contributed by atoms with van der Waals surface area (Å²) < 4.78 is 52.1. The molecule has 0 N–H and O–H groups in total. The van der Waals surface area contributed by atoms with E-state index in [4.69, 9.17) is 18.1 Å². The molecule has 2 aliphatic rings. The number of benzene rings is 6. The molecule has 0 saturated carbocycles. The Kier molecular flexibility index (Phi) is 6.58. The van der Waals surface area contributed by atoms with Crippen LogP contribution in [0.15, 0.2) is 109 Å². The predicted octanol–water partition coefficient (Wildman–Crippen LogP) is 9.47. The minimum atomic E-state index is -3.46. The van der Waals surface area contributed by atoms with E-state index in [2.05, 4.69) is 36.4 Å². The van der Waals surface area contributed by atoms with Crippen molar-refractivity contribution in [3.8, 4) is 0 Å². The Bertz CT molecular complexity index is 1850. The van der Waals surface area contributed by atoms with Crippen molar-refractivity contribution in [2.45, 2.75) is 12.3 Å². The molecular formula is C35H30O6P2. The molecule has 8 heteroatoms. The van der Waals surface area contributed by atoms with Crippen LogP contribution in [-0.2, 0) is 39.5 Å². The SMILES string of the molecule is O=P1(Cc2c3ccccc3cc3ccccc23)OCC2(CO1)COP(=O)(Cc1c3ccccc3cc3ccccc13)OC2. The zero-order chi connectivity index (χ0) is 29.1. The van der Waals surface area contributed by atoms with Gasteiger partial charge in [-0.05, 0) is 66.3 Å². The van der Waals surface area contributed by atoms with E-state index in [1.54, 1.807) is 0 Å². The maximum Gasteiger partial charge on any atom is 0.335 e. The molecule has 1 spiro atoms. The molecule has 0 atom stereocenters. The summed E-state index contributed by atoms with van der Waals surface area (Å²) in [6.07, 6.45) is 0.332. The third-order valence-corrected chi connectivity index (χ3v) is 12.2. The van der Waals surface area contributed by atoms with Gasteiger partial charge in [0.15, 0.2) is 0 Å². The van der Waals surface area contributed by atoms with Gasteiger partial charge in [-0.15, -0.1) is 0 Å². The minimum Gasteiger partial charge on any atom is -0.307 e. The van der Waals surface area contributed by atoms with E-state index in [9.17, 15) is 9.13 Å². The number of rotatable bonds is 4. The van der Waals surface area contributed by atoms with E-state index in [1.807, 2.05) is 72.8 Å². The Labute approximate surface area is 249 Å². The molecular weight excluding hydrogens is 578 g/mol. The summed E-state index contributed by atoms with van der Waals surface area (Å²) in [5, 5.41) is 8.48. The van der Waals surface area contributed by atoms with Crippen molar-refractivity contribution in [2.75, 3.05) is 26.4 Å². The summed E-state index contributed by atoms with van der Waals surface area (Å²) in [7, 11) is -6.92. The fraction of sp³-hybridized carbons (Fsp3) is 0.200. The van der Waals surface area contributed by atoms with Gasteiger partial charge >= 0.3 is 15.2 Å². The van der Waals surface area contributed by atoms with Gasteiger partial charge in [-0.2, -0.15) is 0 Å². The molecule has 2 heterocycles. The van der Waals surface area contributed by atoms with Gasteiger partial charge in [0, 0.05) is 0 Å². The highest BCUT2D eigenvalue weighted by Crippen LogP contribution is 2.62. The summed E-state index contributed by atoms with van der Waals surface area (Å²) in [6, 6.07) is 36.7. The lowest BCUT2D eigenvalue weighted by molar-refractivity contribution is -0.0689. The quantitative estimate of drug-likeness (QED) is 0.147. The van der Waals surface area contributed by atoms with Crippen LogP contribution in [-0.4, -0.2) is 26.4 Å². The molecule has 6 nitrogen and oxygen atoms in total. The van der Waals surface area contributed by atoms with Crippen molar-refractivity contribution in [2.24, 2.45) is 5.41 Å². The first-order valence-electron chi connectivity index (χ1n) is 14.5. The zero-order valence-electron chi connectivity index (χ0n) is 23.5. The summed E-state index contributed by atoms with van der Waals surface area (Å²) in [6.45, 7) is 0.572. The van der Waals surface area contributed by atoms with E-state index in [1.165, 1.54) is 0 Å². The van der Waals surface area contributed by atoms with Crippen molar-refractivity contribution in [3.63, 3.8) is 0 Å². The number of fused-ring (bicyclic) bond motifs is 4. The van der Waals surface area contributed by atoms with E-state index < -0.39 is 20.6 Å². The number of hydrogen-bond donors (Lipinski definition) is 0. The Hall–Kier alpha value is -3.34. The van der Waals surface area contributed by atoms with Gasteiger partial charge in [0.05, 0.1) is 44.2 Å². The highest BCUT2D eigenvalue weighted by molar-refractivity contribution is 7.53. The van der Waals surface area contributed by atoms with Crippen LogP contribution in [0.3, 0.4) is 0 Å². The van der Waals surface area contributed by atoms with Crippen molar-refractivity contribution in [3.05, 3.63) is 120 Å². The molecule has 0 amide bonds. The normalized spacial score (nSPS) is 26.0. The standard InChI is InChI=1S/C35H30O6P2/c36-42(19-33-29-13-5-1-9-25(29)17-26-10-2-6-14-30(26)33)38-21-35(22-39-42)23-40-43(37,41-24-35)20-34-31-15-7-3-11-27(31)18-28-12-4-8-16-32(28)34/h1-18H,19-24H2. The van der Waals surface area contributed by atoms with Gasteiger partial charge in [-0.3, -0.25) is 9.13 Å². The zero-order valence-corrected chi connectivity index (χ0v) is 25.3. The van der Waals surface area contributed by atoms with E-state index in [0.717, 1.165) is 54.2 Å². The van der Waals surface area contributed by atoms with Crippen LogP contribution in [0, 0.1) is 5.41 Å². The molecule has 2 saturated heterocycles. The molecule has 216 valence electrons. The molecule has 43 heavy (non-hydrogen) atoms. The Balaban J connectivity index is 1.02. The molecule has 6 aromatic carbocycles. The van der Waals surface area contributed by atoms with E-state index >= 15 is 0 Å². The molecule has 8 rings (SSSR count). The van der Waals surface area contributed by atoms with Crippen LogP contribution in [0.1, 0.15) is 11.1 Å². The van der Waals surface area contributed by atoms with Crippen LogP contribution in [0.4, 0.5) is 0 Å². The van der Waals surface area contributed by atoms with Crippen molar-refractivity contribution in [1.29, 1.82) is 0 Å². The fourth-order valence-electron chi connectivity index (χ4n) is 6.39. The second-order valence-electron chi connectivity index (χ2n) is 11.7. The van der Waals surface area contributed by atoms with E-state index in [0.29, 0.717) is 0 Å². The highest BCUT2D eigenvalue weighted by Gasteiger charge is 2.49. The molecule has 2 fully saturated rings. The molecule has 0 unspecified atom stereocenters. The smallest absolute Gasteiger partial charge is 0.307 e. The van der Waals surface area contributed by atoms with Gasteiger partial charge < -0.3 is 18.1 Å². The molecule has 0 radical (unpaired) electrons. The predicted molar refractivity (Wildman–Crippen MR) is 172 cm³/mol. The highest BCUT2D eigenvalue weighted by atomic mass is 31.2. The Morgan fingerprint density at radius 3 is 1.05 bits per heavy atom. The monoisotopic (exact) mass is 608 g/mol. The van der Waals surface area contributed by atoms with Crippen molar-refractivity contribution in [1.82, 2.24) is 0 Å². The fourth-order valence-corrected chi connectivity index (χ4v) is 10.2. The Morgan fingerprint density at radius 2 is 0.744 bits per heavy atom. The van der Waals surface area contributed by atoms with Crippen molar-refractivity contribution < 1.29 is 27.2 Å². The average molecular weight is 609 g/mol. The minimum absolute atomic E-state index is 0.143. The summed E-state index contributed by atoms with van der Waals surface area (Å²) >= 11 is 0. The van der Waals surface area contributed by atoms with Gasteiger partial charge in [0.1, 0.15) is 0 Å². The number of hydrogen-bond acceptors (Lipinski definition) is 6. The third-order valence-electron chi connectivity index (χ3n) is 8.74. The van der Waals surface area contributed by atoms with Gasteiger partial charge in [0.25, 0.3) is 0 Å². The topological polar surface area (TPSA) is 71.1 Å². The first-order valence-corrected chi connectivity index (χ1v) is 17.9. The summed E-state index contributed by atoms with van der Waals surface area (Å²) in [5.74, 6) is 0. The van der Waals surface area contributed by atoms with Crippen LogP contribution in [0.5, 0.6) is 0 Å². The maximum absolute atomic E-state index is 14.0. The van der Waals surface area contributed by atoms with Gasteiger partial charge in [-0.25, -0.2) is 0 Å². The van der Waals surface area contributed by atoms with Gasteiger partial charge in [0.2, 0.25) is 0 Å². The van der Waals surface area contributed by atoms with Crippen LogP contribution < -0.4 is 0 Å². The summed E-state index contributed by atoms with van der Waals surface area (Å²) in [4.78, 5) is 0. The Morgan fingerprint density at radius 1 is 0.465 bits per heavy atom. The second-order valence-corrected chi connectivity index (χ2v) is 15.8. The van der Waals surface area contributed by atoms with Crippen LogP contribution >= 0.6 is 15.2 Å². The largest absolute Gasteiger partial charge is 0.335 e. The van der Waals surface area contributed by atoms with Crippen LogP contribution in [0.25, 0.3) is 43.1 Å². The molecule has 0 aliphatic carbocycles. The first kappa shape index (κ1) is 27.2. The first-order chi connectivity index (χ1) is 20.9. The lowest BCUT2D eigenvalue weighted by Crippen LogP contribution is -2.45. The maximum atomic E-state index is 14.0. The lowest BCUT2D eigenvalue weighted by Gasteiger charge is -2.43. The van der Waals surface area contributed by atoms with Crippen LogP contribution in [0.2, 0.25) is 0 Å². The molecule has 6 aromatic rings. The van der Waals surface area contributed by atoms with Gasteiger partial charge in [-0.1, -0.05) is 97.1 Å². The average Bonchev–Trinajstić information content (AvgIpc) is 3.04. The summed E-state index contributed by atoms with van der Waals surface area (Å²) in [5.41, 5.74) is 1.23. The third kappa shape index (κ3) is 4.93. The molecule has 0 aromatic heterocycles.